The molecule has 20 heavy (non-hydrogen) atoms. The molecule has 3 aliphatic rings. The number of rotatable bonds is 6. The minimum atomic E-state index is -0.104. The van der Waals surface area contributed by atoms with Crippen LogP contribution in [0.15, 0.2) is 12.2 Å². The van der Waals surface area contributed by atoms with Gasteiger partial charge in [-0.05, 0) is 56.3 Å². The molecule has 111 valence electrons. The summed E-state index contributed by atoms with van der Waals surface area (Å²) < 4.78 is 11.1. The molecule has 0 aromatic heterocycles. The summed E-state index contributed by atoms with van der Waals surface area (Å²) in [4.78, 5) is 0. The van der Waals surface area contributed by atoms with Gasteiger partial charge in [0.25, 0.3) is 0 Å². The third-order valence-electron chi connectivity index (χ3n) is 4.91. The van der Waals surface area contributed by atoms with E-state index >= 15 is 0 Å². The van der Waals surface area contributed by atoms with Crippen LogP contribution in [-0.4, -0.2) is 30.7 Å². The average Bonchev–Trinajstić information content (AvgIpc) is 3.07. The molecule has 4 heteroatoms. The minimum Gasteiger partial charge on any atom is -0.393 e. The van der Waals surface area contributed by atoms with Crippen molar-refractivity contribution in [2.45, 2.75) is 57.3 Å². The second-order valence-electron chi connectivity index (χ2n) is 6.32. The van der Waals surface area contributed by atoms with Gasteiger partial charge in [-0.25, -0.2) is 0 Å². The zero-order valence-electron chi connectivity index (χ0n) is 12.2. The number of hydrogen-bond acceptors (Lipinski definition) is 3. The third-order valence-corrected chi connectivity index (χ3v) is 4.91. The standard InChI is InChI=1S/C16H26O3.Ac/c17-15(14-11-12-6-7-13(14)10-12)4-1-2-5-16-18-8-3-9-19-16;/h6-7,12-17H,1-5,8-11H2;. The SMILES string of the molecule is OC(CCCCC1OCCCO1)C1CC2C=CC1C2.[Ac]. The summed E-state index contributed by atoms with van der Waals surface area (Å²) in [6.07, 6.45) is 12.2. The van der Waals surface area contributed by atoms with Crippen molar-refractivity contribution >= 4 is 0 Å². The Morgan fingerprint density at radius 2 is 1.90 bits per heavy atom. The van der Waals surface area contributed by atoms with Crippen LogP contribution in [-0.2, 0) is 9.47 Å². The van der Waals surface area contributed by atoms with Crippen molar-refractivity contribution in [3.05, 3.63) is 12.2 Å². The number of hydrogen-bond donors (Lipinski definition) is 1. The van der Waals surface area contributed by atoms with Crippen molar-refractivity contribution in [3.63, 3.8) is 0 Å². The van der Waals surface area contributed by atoms with E-state index < -0.39 is 0 Å². The van der Waals surface area contributed by atoms with Crippen molar-refractivity contribution in [1.82, 2.24) is 0 Å². The van der Waals surface area contributed by atoms with Crippen LogP contribution in [0, 0.1) is 61.8 Å². The van der Waals surface area contributed by atoms with Crippen LogP contribution in [0.4, 0.5) is 0 Å². The number of aliphatic hydroxyl groups excluding tert-OH is 1. The normalized spacial score (nSPS) is 34.1. The molecule has 4 unspecified atom stereocenters. The summed E-state index contributed by atoms with van der Waals surface area (Å²) in [6.45, 7) is 1.68. The van der Waals surface area contributed by atoms with Crippen LogP contribution in [0.1, 0.15) is 44.9 Å². The van der Waals surface area contributed by atoms with Crippen molar-refractivity contribution < 1.29 is 58.6 Å². The number of aliphatic hydroxyl groups is 1. The smallest absolute Gasteiger partial charge is 0.157 e. The van der Waals surface area contributed by atoms with Crippen molar-refractivity contribution in [2.75, 3.05) is 13.2 Å². The summed E-state index contributed by atoms with van der Waals surface area (Å²) >= 11 is 0. The molecule has 3 rings (SSSR count). The zero-order valence-corrected chi connectivity index (χ0v) is 17.0. The summed E-state index contributed by atoms with van der Waals surface area (Å²) in [6, 6.07) is 0. The number of ether oxygens (including phenoxy) is 2. The van der Waals surface area contributed by atoms with Gasteiger partial charge in [-0.15, -0.1) is 0 Å². The molecule has 0 aromatic carbocycles. The van der Waals surface area contributed by atoms with E-state index in [1.54, 1.807) is 0 Å². The van der Waals surface area contributed by atoms with Gasteiger partial charge in [0.2, 0.25) is 0 Å². The molecule has 0 spiro atoms. The van der Waals surface area contributed by atoms with Gasteiger partial charge in [-0.2, -0.15) is 0 Å². The maximum Gasteiger partial charge on any atom is 0.157 e. The number of fused-ring (bicyclic) bond motifs is 2. The first-order chi connectivity index (χ1) is 9.33. The third kappa shape index (κ3) is 4.53. The first-order valence-corrected chi connectivity index (χ1v) is 7.92. The van der Waals surface area contributed by atoms with Crippen molar-refractivity contribution in [3.8, 4) is 0 Å². The molecule has 3 nitrogen and oxygen atoms in total. The van der Waals surface area contributed by atoms with Gasteiger partial charge >= 0.3 is 0 Å². The molecule has 1 heterocycles. The van der Waals surface area contributed by atoms with Gasteiger partial charge in [0, 0.05) is 44.1 Å². The van der Waals surface area contributed by atoms with E-state index in [2.05, 4.69) is 12.2 Å². The monoisotopic (exact) mass is 493 g/mol. The van der Waals surface area contributed by atoms with Gasteiger partial charge in [0.05, 0.1) is 19.3 Å². The van der Waals surface area contributed by atoms with Crippen LogP contribution in [0.25, 0.3) is 0 Å². The van der Waals surface area contributed by atoms with Gasteiger partial charge < -0.3 is 14.6 Å². The molecule has 1 N–H and O–H groups in total. The quantitative estimate of drug-likeness (QED) is 0.457. The Labute approximate surface area is 158 Å². The second kappa shape index (κ2) is 8.63. The van der Waals surface area contributed by atoms with Gasteiger partial charge in [0.15, 0.2) is 6.29 Å². The Balaban J connectivity index is 0.00000147. The summed E-state index contributed by atoms with van der Waals surface area (Å²) in [7, 11) is 0. The Bertz CT molecular complexity index is 315. The van der Waals surface area contributed by atoms with E-state index in [-0.39, 0.29) is 56.5 Å². The van der Waals surface area contributed by atoms with E-state index in [9.17, 15) is 5.11 Å². The topological polar surface area (TPSA) is 38.7 Å². The molecule has 2 bridgehead atoms. The predicted molar refractivity (Wildman–Crippen MR) is 73.6 cm³/mol. The second-order valence-corrected chi connectivity index (χ2v) is 6.32. The molecule has 1 saturated carbocycles. The summed E-state index contributed by atoms with van der Waals surface area (Å²) in [5.74, 6) is 1.94. The maximum atomic E-state index is 10.3. The molecule has 0 amide bonds. The van der Waals surface area contributed by atoms with E-state index in [1.165, 1.54) is 12.8 Å². The van der Waals surface area contributed by atoms with Gasteiger partial charge in [-0.1, -0.05) is 18.6 Å². The summed E-state index contributed by atoms with van der Waals surface area (Å²) in [5.41, 5.74) is 0. The molecule has 1 aliphatic heterocycles. The maximum absolute atomic E-state index is 10.3. The molecule has 2 fully saturated rings. The minimum absolute atomic E-state index is 0. The van der Waals surface area contributed by atoms with E-state index in [0.29, 0.717) is 11.8 Å². The molecule has 1 saturated heterocycles. The predicted octanol–water partition coefficient (Wildman–Crippen LogP) is 2.88. The molecule has 4 atom stereocenters. The first-order valence-electron chi connectivity index (χ1n) is 7.92. The largest absolute Gasteiger partial charge is 0.393 e. The van der Waals surface area contributed by atoms with Crippen molar-refractivity contribution in [2.24, 2.45) is 17.8 Å². The summed E-state index contributed by atoms with van der Waals surface area (Å²) in [5, 5.41) is 10.3. The van der Waals surface area contributed by atoms with Crippen LogP contribution in [0.2, 0.25) is 0 Å². The molecule has 2 aliphatic carbocycles. The van der Waals surface area contributed by atoms with Gasteiger partial charge in [0.1, 0.15) is 0 Å². The average molecular weight is 493 g/mol. The number of unbranched alkanes of at least 4 members (excludes halogenated alkanes) is 1. The van der Waals surface area contributed by atoms with Crippen LogP contribution < -0.4 is 0 Å². The zero-order chi connectivity index (χ0) is 13.1. The Hall–Kier alpha value is 1.06. The molecule has 1 radical (unpaired) electrons. The van der Waals surface area contributed by atoms with Crippen LogP contribution >= 0.6 is 0 Å². The Kier molecular flexibility index (Phi) is 7.52. The van der Waals surface area contributed by atoms with Crippen LogP contribution in [0.3, 0.4) is 0 Å². The first kappa shape index (κ1) is 17.4. The van der Waals surface area contributed by atoms with Crippen molar-refractivity contribution in [1.29, 1.82) is 0 Å². The molecular weight excluding hydrogens is 467 g/mol. The van der Waals surface area contributed by atoms with E-state index in [0.717, 1.165) is 51.2 Å². The van der Waals surface area contributed by atoms with E-state index in [4.69, 9.17) is 9.47 Å². The fraction of sp³-hybridized carbons (Fsp3) is 0.875. The fourth-order valence-corrected chi connectivity index (χ4v) is 3.85. The van der Waals surface area contributed by atoms with Crippen LogP contribution in [0.5, 0.6) is 0 Å². The fourth-order valence-electron chi connectivity index (χ4n) is 3.85. The molecule has 0 aromatic rings. The molecular formula is C16H26AcO3. The number of allylic oxidation sites excluding steroid dienone is 2. The van der Waals surface area contributed by atoms with E-state index in [1.807, 2.05) is 0 Å². The van der Waals surface area contributed by atoms with Gasteiger partial charge in [-0.3, -0.25) is 0 Å². The Morgan fingerprint density at radius 3 is 2.55 bits per heavy atom. The Morgan fingerprint density at radius 1 is 1.10 bits per heavy atom.